The molecule has 2 aromatic heterocycles. The van der Waals surface area contributed by atoms with Crippen LogP contribution in [0, 0.1) is 0 Å². The molecule has 0 aliphatic heterocycles. The maximum Gasteiger partial charge on any atom is 0.253 e. The van der Waals surface area contributed by atoms with Crippen molar-refractivity contribution in [1.29, 1.82) is 0 Å². The summed E-state index contributed by atoms with van der Waals surface area (Å²) in [5.74, 6) is 0.616. The molecule has 1 amide bonds. The number of aromatic nitrogens is 2. The summed E-state index contributed by atoms with van der Waals surface area (Å²) in [6.07, 6.45) is 3.48. The van der Waals surface area contributed by atoms with Crippen LogP contribution in [-0.4, -0.2) is 23.0 Å². The molecule has 4 aromatic rings. The molecule has 0 saturated heterocycles. The number of benzene rings is 2. The van der Waals surface area contributed by atoms with E-state index in [1.807, 2.05) is 66.9 Å². The number of methoxy groups -OCH3 is 1. The topological polar surface area (TPSA) is 76.1 Å². The first kappa shape index (κ1) is 20.6. The Hall–Kier alpha value is -3.71. The highest BCUT2D eigenvalue weighted by molar-refractivity contribution is 7.10. The SMILES string of the molecule is COc1ccc(Nc2ccccc2C(=O)NC(C)c2nc(-c3ccncc3)cs2)cc1. The molecule has 0 radical (unpaired) electrons. The fourth-order valence-corrected chi connectivity index (χ4v) is 3.93. The van der Waals surface area contributed by atoms with Crippen molar-refractivity contribution in [2.45, 2.75) is 13.0 Å². The van der Waals surface area contributed by atoms with Gasteiger partial charge < -0.3 is 15.4 Å². The molecule has 0 fully saturated rings. The Kier molecular flexibility index (Phi) is 6.24. The zero-order chi connectivity index (χ0) is 21.6. The van der Waals surface area contributed by atoms with Crippen LogP contribution in [0.2, 0.25) is 0 Å². The van der Waals surface area contributed by atoms with Gasteiger partial charge in [0.1, 0.15) is 10.8 Å². The molecule has 7 heteroatoms. The maximum absolute atomic E-state index is 13.0. The average Bonchev–Trinajstić information content (AvgIpc) is 3.31. The summed E-state index contributed by atoms with van der Waals surface area (Å²) in [4.78, 5) is 21.7. The number of rotatable bonds is 7. The minimum absolute atomic E-state index is 0.162. The molecule has 2 aromatic carbocycles. The zero-order valence-electron chi connectivity index (χ0n) is 17.2. The third-order valence-corrected chi connectivity index (χ3v) is 5.78. The molecule has 1 unspecified atom stereocenters. The van der Waals surface area contributed by atoms with Gasteiger partial charge in [-0.25, -0.2) is 4.98 Å². The van der Waals surface area contributed by atoms with Crippen LogP contribution in [-0.2, 0) is 0 Å². The lowest BCUT2D eigenvalue weighted by Gasteiger charge is -2.15. The Bertz CT molecular complexity index is 1160. The first-order chi connectivity index (χ1) is 15.1. The van der Waals surface area contributed by atoms with Crippen LogP contribution in [0.15, 0.2) is 78.4 Å². The molecule has 2 heterocycles. The summed E-state index contributed by atoms with van der Waals surface area (Å²) in [6.45, 7) is 1.94. The highest BCUT2D eigenvalue weighted by Crippen LogP contribution is 2.27. The minimum atomic E-state index is -0.220. The quantitative estimate of drug-likeness (QED) is 0.408. The van der Waals surface area contributed by atoms with Gasteiger partial charge in [0.2, 0.25) is 0 Å². The van der Waals surface area contributed by atoms with Crippen molar-refractivity contribution in [2.24, 2.45) is 0 Å². The van der Waals surface area contributed by atoms with Gasteiger partial charge in [-0.1, -0.05) is 12.1 Å². The van der Waals surface area contributed by atoms with Crippen molar-refractivity contribution >= 4 is 28.6 Å². The number of hydrogen-bond donors (Lipinski definition) is 2. The van der Waals surface area contributed by atoms with Gasteiger partial charge in [0.25, 0.3) is 5.91 Å². The molecule has 1 atom stereocenters. The summed E-state index contributed by atoms with van der Waals surface area (Å²) < 4.78 is 5.20. The minimum Gasteiger partial charge on any atom is -0.497 e. The molecule has 2 N–H and O–H groups in total. The molecule has 0 saturated carbocycles. The van der Waals surface area contributed by atoms with E-state index in [9.17, 15) is 4.79 Å². The number of thiazole rings is 1. The van der Waals surface area contributed by atoms with Crippen molar-refractivity contribution in [1.82, 2.24) is 15.3 Å². The predicted molar refractivity (Wildman–Crippen MR) is 124 cm³/mol. The summed E-state index contributed by atoms with van der Waals surface area (Å²) in [5, 5.41) is 9.21. The maximum atomic E-state index is 13.0. The van der Waals surface area contributed by atoms with E-state index in [1.165, 1.54) is 11.3 Å². The Balaban J connectivity index is 1.48. The molecular formula is C24H22N4O2S. The molecule has 31 heavy (non-hydrogen) atoms. The molecule has 0 aliphatic carbocycles. The molecular weight excluding hydrogens is 408 g/mol. The van der Waals surface area contributed by atoms with Crippen molar-refractivity contribution in [2.75, 3.05) is 12.4 Å². The number of carbonyl (C=O) groups is 1. The summed E-state index contributed by atoms with van der Waals surface area (Å²) >= 11 is 1.53. The molecule has 4 rings (SSSR count). The number of nitrogens with one attached hydrogen (secondary N) is 2. The van der Waals surface area contributed by atoms with Crippen LogP contribution < -0.4 is 15.4 Å². The van der Waals surface area contributed by atoms with E-state index in [2.05, 4.69) is 20.6 Å². The monoisotopic (exact) mass is 430 g/mol. The van der Waals surface area contributed by atoms with Crippen molar-refractivity contribution in [3.63, 3.8) is 0 Å². The largest absolute Gasteiger partial charge is 0.497 e. The fraction of sp³-hybridized carbons (Fsp3) is 0.125. The fourth-order valence-electron chi connectivity index (χ4n) is 3.10. The van der Waals surface area contributed by atoms with Crippen LogP contribution in [0.3, 0.4) is 0 Å². The third kappa shape index (κ3) is 4.90. The van der Waals surface area contributed by atoms with Crippen molar-refractivity contribution in [3.05, 3.63) is 89.0 Å². The van der Waals surface area contributed by atoms with E-state index in [1.54, 1.807) is 25.6 Å². The van der Waals surface area contributed by atoms with Crippen LogP contribution in [0.1, 0.15) is 28.3 Å². The lowest BCUT2D eigenvalue weighted by Crippen LogP contribution is -2.27. The Morgan fingerprint density at radius 1 is 1.03 bits per heavy atom. The molecule has 0 aliphatic rings. The molecule has 0 bridgehead atoms. The van der Waals surface area contributed by atoms with Gasteiger partial charge in [-0.3, -0.25) is 9.78 Å². The van der Waals surface area contributed by atoms with Crippen molar-refractivity contribution < 1.29 is 9.53 Å². The summed E-state index contributed by atoms with van der Waals surface area (Å²) in [6, 6.07) is 18.6. The standard InChI is InChI=1S/C24H22N4O2S/c1-16(24-28-22(15-31-24)17-11-13-25-14-12-17)26-23(29)20-5-3-4-6-21(20)27-18-7-9-19(30-2)10-8-18/h3-16,27H,1-2H3,(H,26,29). The van der Waals surface area contributed by atoms with E-state index in [-0.39, 0.29) is 11.9 Å². The number of pyridine rings is 1. The third-order valence-electron chi connectivity index (χ3n) is 4.76. The van der Waals surface area contributed by atoms with E-state index >= 15 is 0 Å². The van der Waals surface area contributed by atoms with E-state index < -0.39 is 0 Å². The van der Waals surface area contributed by atoms with Gasteiger partial charge in [0.15, 0.2) is 0 Å². The number of ether oxygens (including phenoxy) is 1. The predicted octanol–water partition coefficient (Wildman–Crippen LogP) is 5.45. The van der Waals surface area contributed by atoms with Gasteiger partial charge in [0.05, 0.1) is 30.1 Å². The second-order valence-corrected chi connectivity index (χ2v) is 7.79. The van der Waals surface area contributed by atoms with Crippen molar-refractivity contribution in [3.8, 4) is 17.0 Å². The smallest absolute Gasteiger partial charge is 0.253 e. The van der Waals surface area contributed by atoms with Gasteiger partial charge >= 0.3 is 0 Å². The second-order valence-electron chi connectivity index (χ2n) is 6.90. The van der Waals surface area contributed by atoms with Gasteiger partial charge in [-0.15, -0.1) is 11.3 Å². The number of amides is 1. The van der Waals surface area contributed by atoms with E-state index in [4.69, 9.17) is 4.74 Å². The van der Waals surface area contributed by atoms with Crippen LogP contribution in [0.5, 0.6) is 5.75 Å². The second kappa shape index (κ2) is 9.40. The molecule has 6 nitrogen and oxygen atoms in total. The first-order valence-electron chi connectivity index (χ1n) is 9.81. The molecule has 0 spiro atoms. The highest BCUT2D eigenvalue weighted by Gasteiger charge is 2.17. The number of hydrogen-bond acceptors (Lipinski definition) is 6. The Morgan fingerprint density at radius 2 is 1.77 bits per heavy atom. The number of para-hydroxylation sites is 1. The zero-order valence-corrected chi connectivity index (χ0v) is 18.0. The summed E-state index contributed by atoms with van der Waals surface area (Å²) in [7, 11) is 1.63. The highest BCUT2D eigenvalue weighted by atomic mass is 32.1. The lowest BCUT2D eigenvalue weighted by atomic mass is 10.1. The molecule has 156 valence electrons. The van der Waals surface area contributed by atoms with Crippen LogP contribution >= 0.6 is 11.3 Å². The van der Waals surface area contributed by atoms with E-state index in [0.29, 0.717) is 5.56 Å². The Labute approximate surface area is 185 Å². The summed E-state index contributed by atoms with van der Waals surface area (Å²) in [5.41, 5.74) is 4.05. The van der Waals surface area contributed by atoms with Gasteiger partial charge in [-0.05, 0) is 55.5 Å². The van der Waals surface area contributed by atoms with Gasteiger partial charge in [0, 0.05) is 29.0 Å². The van der Waals surface area contributed by atoms with Crippen LogP contribution in [0.25, 0.3) is 11.3 Å². The number of carbonyl (C=O) groups excluding carboxylic acids is 1. The normalized spacial score (nSPS) is 11.5. The lowest BCUT2D eigenvalue weighted by molar-refractivity contribution is 0.0940. The van der Waals surface area contributed by atoms with Gasteiger partial charge in [-0.2, -0.15) is 0 Å². The number of anilines is 2. The van der Waals surface area contributed by atoms with Crippen LogP contribution in [0.4, 0.5) is 11.4 Å². The average molecular weight is 431 g/mol. The Morgan fingerprint density at radius 3 is 2.52 bits per heavy atom. The number of nitrogens with zero attached hydrogens (tertiary/aromatic N) is 2. The first-order valence-corrected chi connectivity index (χ1v) is 10.7. The van der Waals surface area contributed by atoms with E-state index in [0.717, 1.165) is 33.4 Å².